The molecule has 1 aromatic heterocycles. The highest BCUT2D eigenvalue weighted by Gasteiger charge is 2.25. The topological polar surface area (TPSA) is 0 Å². The molecular formula is C8H13S2+. The van der Waals surface area contributed by atoms with E-state index in [-0.39, 0.29) is 0 Å². The van der Waals surface area contributed by atoms with Gasteiger partial charge in [0, 0.05) is 11.5 Å². The fourth-order valence-corrected chi connectivity index (χ4v) is 3.32. The van der Waals surface area contributed by atoms with Gasteiger partial charge in [-0.25, -0.2) is 0 Å². The summed E-state index contributed by atoms with van der Waals surface area (Å²) in [5.41, 5.74) is 0.343. The van der Waals surface area contributed by atoms with E-state index in [1.54, 1.807) is 0 Å². The van der Waals surface area contributed by atoms with Gasteiger partial charge in [-0.05, 0) is 6.92 Å². The van der Waals surface area contributed by atoms with E-state index in [1.807, 2.05) is 20.7 Å². The van der Waals surface area contributed by atoms with Gasteiger partial charge in [0.15, 0.2) is 10.3 Å². The molecule has 10 heavy (non-hydrogen) atoms. The lowest BCUT2D eigenvalue weighted by atomic mass is 9.95. The zero-order chi connectivity index (χ0) is 7.78. The summed E-state index contributed by atoms with van der Waals surface area (Å²) in [4.78, 5) is 2.92. The normalized spacial score (nSPS) is 12.0. The molecule has 1 aromatic rings. The van der Waals surface area contributed by atoms with Gasteiger partial charge in [0.05, 0.1) is 4.88 Å². The van der Waals surface area contributed by atoms with Crippen molar-refractivity contribution in [3.63, 3.8) is 0 Å². The Morgan fingerprint density at radius 2 is 2.00 bits per heavy atom. The van der Waals surface area contributed by atoms with Crippen LogP contribution in [-0.2, 0) is 5.41 Å². The van der Waals surface area contributed by atoms with Crippen LogP contribution < -0.4 is 0 Å². The molecule has 56 valence electrons. The molecule has 0 aliphatic heterocycles. The van der Waals surface area contributed by atoms with Gasteiger partial charge < -0.3 is 0 Å². The monoisotopic (exact) mass is 173 g/mol. The minimum absolute atomic E-state index is 0.343. The van der Waals surface area contributed by atoms with E-state index in [4.69, 9.17) is 0 Å². The molecule has 0 aromatic carbocycles. The maximum absolute atomic E-state index is 2.29. The Morgan fingerprint density at radius 3 is 2.20 bits per heavy atom. The van der Waals surface area contributed by atoms with E-state index >= 15 is 0 Å². The summed E-state index contributed by atoms with van der Waals surface area (Å²) >= 11 is 0. The van der Waals surface area contributed by atoms with E-state index in [1.165, 1.54) is 9.75 Å². The maximum Gasteiger partial charge on any atom is 0.295 e. The molecule has 0 radical (unpaired) electrons. The second-order valence-corrected chi connectivity index (χ2v) is 5.95. The largest absolute Gasteiger partial charge is 0.295 e. The first-order chi connectivity index (χ1) is 4.50. The summed E-state index contributed by atoms with van der Waals surface area (Å²) in [5, 5.41) is 0. The third-order valence-corrected chi connectivity index (χ3v) is 4.29. The summed E-state index contributed by atoms with van der Waals surface area (Å²) in [7, 11) is 3.77. The summed E-state index contributed by atoms with van der Waals surface area (Å²) in [6.07, 6.45) is 0. The average molecular weight is 173 g/mol. The first kappa shape index (κ1) is 8.15. The van der Waals surface area contributed by atoms with Gasteiger partial charge in [0.25, 0.3) is 10.3 Å². The minimum Gasteiger partial charge on any atom is -0.0511 e. The van der Waals surface area contributed by atoms with Crippen molar-refractivity contribution in [2.24, 2.45) is 0 Å². The lowest BCUT2D eigenvalue weighted by Gasteiger charge is -2.07. The van der Waals surface area contributed by atoms with E-state index in [0.717, 1.165) is 0 Å². The van der Waals surface area contributed by atoms with Crippen LogP contribution in [0.15, 0.2) is 6.07 Å². The molecule has 0 saturated heterocycles. The predicted octanol–water partition coefficient (Wildman–Crippen LogP) is 3.70. The third kappa shape index (κ3) is 1.77. The van der Waals surface area contributed by atoms with Gasteiger partial charge in [-0.3, -0.25) is 0 Å². The third-order valence-electron chi connectivity index (χ3n) is 1.34. The van der Waals surface area contributed by atoms with Gasteiger partial charge in [-0.15, -0.1) is 0 Å². The van der Waals surface area contributed by atoms with Crippen LogP contribution in [0.2, 0.25) is 0 Å². The molecule has 0 fully saturated rings. The zero-order valence-corrected chi connectivity index (χ0v) is 8.53. The van der Waals surface area contributed by atoms with Crippen LogP contribution in [0.5, 0.6) is 0 Å². The fourth-order valence-electron chi connectivity index (χ4n) is 0.685. The van der Waals surface area contributed by atoms with Crippen molar-refractivity contribution >= 4 is 20.7 Å². The lowest BCUT2D eigenvalue weighted by molar-refractivity contribution is 0.603. The first-order valence-corrected chi connectivity index (χ1v) is 5.55. The van der Waals surface area contributed by atoms with Crippen molar-refractivity contribution in [3.8, 4) is 0 Å². The van der Waals surface area contributed by atoms with Crippen molar-refractivity contribution in [2.45, 2.75) is 33.1 Å². The van der Waals surface area contributed by atoms with Gasteiger partial charge in [0.2, 0.25) is 4.88 Å². The second-order valence-electron chi connectivity index (χ2n) is 3.54. The smallest absolute Gasteiger partial charge is 0.0511 e. The Morgan fingerprint density at radius 1 is 1.40 bits per heavy atom. The maximum atomic E-state index is 2.29. The Hall–Kier alpha value is 0.0500. The Kier molecular flexibility index (Phi) is 2.11. The summed E-state index contributed by atoms with van der Waals surface area (Å²) in [5.74, 6) is 0. The number of hydrogen-bond donors (Lipinski definition) is 0. The molecule has 0 amide bonds. The zero-order valence-electron chi connectivity index (χ0n) is 6.89. The summed E-state index contributed by atoms with van der Waals surface area (Å²) in [6.45, 7) is 8.93. The van der Waals surface area contributed by atoms with Gasteiger partial charge >= 0.3 is 0 Å². The van der Waals surface area contributed by atoms with Gasteiger partial charge in [-0.1, -0.05) is 20.8 Å². The standard InChI is InChI=1S/C8H13S2/c1-6-5-7(10-9-6)8(2,3)4/h5H,1-4H3/q+1. The fraction of sp³-hybridized carbons (Fsp3) is 0.625. The van der Waals surface area contributed by atoms with Gasteiger partial charge in [-0.2, -0.15) is 0 Å². The molecule has 0 aliphatic rings. The molecule has 0 unspecified atom stereocenters. The van der Waals surface area contributed by atoms with Crippen LogP contribution in [0.3, 0.4) is 0 Å². The molecule has 1 rings (SSSR count). The lowest BCUT2D eigenvalue weighted by Crippen LogP contribution is -2.07. The summed E-state index contributed by atoms with van der Waals surface area (Å²) < 4.78 is 0. The molecule has 2 heteroatoms. The Labute approximate surface area is 69.9 Å². The van der Waals surface area contributed by atoms with Crippen LogP contribution in [0.1, 0.15) is 30.5 Å². The first-order valence-electron chi connectivity index (χ1n) is 3.40. The highest BCUT2D eigenvalue weighted by Crippen LogP contribution is 2.31. The highest BCUT2D eigenvalue weighted by atomic mass is 32.9. The van der Waals surface area contributed by atoms with Crippen molar-refractivity contribution in [3.05, 3.63) is 15.8 Å². The number of rotatable bonds is 0. The number of hydrogen-bond acceptors (Lipinski definition) is 1. The number of aryl methyl sites for hydroxylation is 1. The molecule has 0 nitrogen and oxygen atoms in total. The predicted molar refractivity (Wildman–Crippen MR) is 50.0 cm³/mol. The minimum atomic E-state index is 0.343. The van der Waals surface area contributed by atoms with E-state index in [2.05, 4.69) is 33.8 Å². The molecule has 0 aliphatic carbocycles. The SMILES string of the molecule is Cc1cc(C(C)(C)C)[s+]s1. The molecule has 0 spiro atoms. The quantitative estimate of drug-likeness (QED) is 0.414. The van der Waals surface area contributed by atoms with Crippen LogP contribution in [0, 0.1) is 6.92 Å². The van der Waals surface area contributed by atoms with Crippen LogP contribution in [0.4, 0.5) is 0 Å². The van der Waals surface area contributed by atoms with E-state index < -0.39 is 0 Å². The van der Waals surface area contributed by atoms with E-state index in [9.17, 15) is 0 Å². The van der Waals surface area contributed by atoms with E-state index in [0.29, 0.717) is 5.41 Å². The molecule has 0 bridgehead atoms. The summed E-state index contributed by atoms with van der Waals surface area (Å²) in [6, 6.07) is 2.29. The van der Waals surface area contributed by atoms with Gasteiger partial charge in [0.1, 0.15) is 0 Å². The Balaban J connectivity index is 2.96. The molecule has 0 saturated carbocycles. The van der Waals surface area contributed by atoms with Crippen molar-refractivity contribution in [1.82, 2.24) is 0 Å². The molecule has 1 heterocycles. The Bertz CT molecular complexity index is 217. The van der Waals surface area contributed by atoms with Crippen molar-refractivity contribution < 1.29 is 0 Å². The molecule has 0 N–H and O–H groups in total. The molecule has 0 atom stereocenters. The highest BCUT2D eigenvalue weighted by molar-refractivity contribution is 7.69. The van der Waals surface area contributed by atoms with Crippen LogP contribution in [0.25, 0.3) is 0 Å². The average Bonchev–Trinajstić information content (AvgIpc) is 2.11. The van der Waals surface area contributed by atoms with Crippen LogP contribution >= 0.6 is 20.7 Å². The second kappa shape index (κ2) is 2.59. The van der Waals surface area contributed by atoms with Crippen LogP contribution in [-0.4, -0.2) is 0 Å². The van der Waals surface area contributed by atoms with Crippen molar-refractivity contribution in [2.75, 3.05) is 0 Å². The molecular weight excluding hydrogens is 160 g/mol. The van der Waals surface area contributed by atoms with Crippen molar-refractivity contribution in [1.29, 1.82) is 0 Å².